The Kier molecular flexibility index (Phi) is 6.28. The Morgan fingerprint density at radius 2 is 1.98 bits per heavy atom. The van der Waals surface area contributed by atoms with Gasteiger partial charge in [-0.05, 0) is 61.8 Å². The highest BCUT2D eigenvalue weighted by molar-refractivity contribution is 6.34. The molecule has 3 aromatic heterocycles. The van der Waals surface area contributed by atoms with Gasteiger partial charge in [0.05, 0.1) is 16.3 Å². The summed E-state index contributed by atoms with van der Waals surface area (Å²) < 4.78 is 6.18. The van der Waals surface area contributed by atoms with Gasteiger partial charge in [-0.1, -0.05) is 37.6 Å². The van der Waals surface area contributed by atoms with Crippen LogP contribution in [0.5, 0.6) is 0 Å². The van der Waals surface area contributed by atoms with E-state index in [-0.39, 0.29) is 11.6 Å². The van der Waals surface area contributed by atoms with Gasteiger partial charge in [0.25, 0.3) is 0 Å². The van der Waals surface area contributed by atoms with Gasteiger partial charge in [0, 0.05) is 67.6 Å². The van der Waals surface area contributed by atoms with Crippen molar-refractivity contribution < 1.29 is 4.74 Å². The van der Waals surface area contributed by atoms with Crippen molar-refractivity contribution in [2.45, 2.75) is 71.6 Å². The number of fused-ring (bicyclic) bond motifs is 2. The summed E-state index contributed by atoms with van der Waals surface area (Å²) in [6.07, 6.45) is 9.16. The first-order chi connectivity index (χ1) is 19.3. The summed E-state index contributed by atoms with van der Waals surface area (Å²) >= 11 is 6.78. The van der Waals surface area contributed by atoms with E-state index in [2.05, 4.69) is 58.7 Å². The standard InChI is InChI=1S/C32H37ClN6O/c1-19-6-7-21(20-8-9-20)16-26(19)38-15-11-25-23(18-38)30(39-14-5-12-32(2,3)31(39)40-4)37-29(36-25)27-22-10-13-34-28(22)35-17-24(27)33/h6-7,10,13,16-17,20,31H,5,8-9,11-12,14-15,18H2,1-4H3,(H,34,35)/t31-/m0/s1. The molecule has 0 spiro atoms. The fourth-order valence-electron chi connectivity index (χ4n) is 6.83. The van der Waals surface area contributed by atoms with Crippen molar-refractivity contribution in [2.75, 3.05) is 30.0 Å². The molecule has 208 valence electrons. The highest BCUT2D eigenvalue weighted by atomic mass is 35.5. The minimum Gasteiger partial charge on any atom is -0.366 e. The third kappa shape index (κ3) is 4.34. The monoisotopic (exact) mass is 556 g/mol. The van der Waals surface area contributed by atoms with Crippen molar-refractivity contribution in [3.8, 4) is 11.4 Å². The van der Waals surface area contributed by atoms with E-state index in [9.17, 15) is 0 Å². The zero-order valence-corrected chi connectivity index (χ0v) is 24.6. The number of benzene rings is 1. The molecular weight excluding hydrogens is 520 g/mol. The summed E-state index contributed by atoms with van der Waals surface area (Å²) in [4.78, 5) is 23.1. The molecule has 1 saturated carbocycles. The molecule has 4 aromatic rings. The van der Waals surface area contributed by atoms with E-state index in [1.165, 1.54) is 35.2 Å². The van der Waals surface area contributed by atoms with E-state index in [0.29, 0.717) is 10.8 Å². The van der Waals surface area contributed by atoms with Crippen LogP contribution in [0.25, 0.3) is 22.4 Å². The second-order valence-corrected chi connectivity index (χ2v) is 12.8. The molecule has 1 atom stereocenters. The van der Waals surface area contributed by atoms with Crippen LogP contribution in [0, 0.1) is 12.3 Å². The summed E-state index contributed by atoms with van der Waals surface area (Å²) in [7, 11) is 1.82. The number of aromatic nitrogens is 4. The number of methoxy groups -OCH3 is 1. The first-order valence-electron chi connectivity index (χ1n) is 14.5. The molecule has 40 heavy (non-hydrogen) atoms. The number of aromatic amines is 1. The minimum absolute atomic E-state index is 0.00322. The fraction of sp³-hybridized carbons (Fsp3) is 0.469. The summed E-state index contributed by atoms with van der Waals surface area (Å²) in [5.74, 6) is 2.35. The molecule has 5 heterocycles. The molecule has 2 fully saturated rings. The van der Waals surface area contributed by atoms with Gasteiger partial charge in [-0.15, -0.1) is 0 Å². The van der Waals surface area contributed by atoms with Gasteiger partial charge in [-0.3, -0.25) is 0 Å². The van der Waals surface area contributed by atoms with Crippen LogP contribution < -0.4 is 9.80 Å². The number of hydrogen-bond donors (Lipinski definition) is 1. The maximum absolute atomic E-state index is 6.78. The van der Waals surface area contributed by atoms with Crippen LogP contribution in [0.4, 0.5) is 11.5 Å². The lowest BCUT2D eigenvalue weighted by Crippen LogP contribution is -2.52. The quantitative estimate of drug-likeness (QED) is 0.285. The maximum atomic E-state index is 6.78. The van der Waals surface area contributed by atoms with Crippen LogP contribution in [0.15, 0.2) is 36.7 Å². The van der Waals surface area contributed by atoms with Crippen molar-refractivity contribution in [1.82, 2.24) is 19.9 Å². The second-order valence-electron chi connectivity index (χ2n) is 12.4. The number of ether oxygens (including phenoxy) is 1. The van der Waals surface area contributed by atoms with Gasteiger partial charge in [0.1, 0.15) is 17.7 Å². The molecule has 0 amide bonds. The predicted molar refractivity (Wildman–Crippen MR) is 161 cm³/mol. The van der Waals surface area contributed by atoms with Crippen molar-refractivity contribution in [3.63, 3.8) is 0 Å². The number of pyridine rings is 1. The molecule has 0 bridgehead atoms. The molecule has 7 rings (SSSR count). The molecular formula is C32H37ClN6O. The molecule has 1 saturated heterocycles. The lowest BCUT2D eigenvalue weighted by atomic mass is 9.81. The number of rotatable bonds is 5. The van der Waals surface area contributed by atoms with Crippen molar-refractivity contribution >= 4 is 34.1 Å². The molecule has 1 aliphatic carbocycles. The second kappa shape index (κ2) is 9.74. The molecule has 2 aliphatic heterocycles. The van der Waals surface area contributed by atoms with E-state index in [1.54, 1.807) is 6.20 Å². The van der Waals surface area contributed by atoms with E-state index < -0.39 is 0 Å². The molecule has 1 N–H and O–H groups in total. The van der Waals surface area contributed by atoms with Crippen LogP contribution in [0.3, 0.4) is 0 Å². The van der Waals surface area contributed by atoms with Gasteiger partial charge in [-0.25, -0.2) is 15.0 Å². The number of H-pyrrole nitrogens is 1. The molecule has 0 unspecified atom stereocenters. The van der Waals surface area contributed by atoms with E-state index in [1.807, 2.05) is 19.4 Å². The van der Waals surface area contributed by atoms with Crippen LogP contribution in [-0.4, -0.2) is 46.4 Å². The van der Waals surface area contributed by atoms with Crippen molar-refractivity contribution in [1.29, 1.82) is 0 Å². The number of piperidine rings is 1. The minimum atomic E-state index is -0.0800. The lowest BCUT2D eigenvalue weighted by Gasteiger charge is -2.47. The van der Waals surface area contributed by atoms with Crippen molar-refractivity contribution in [3.05, 3.63) is 64.1 Å². The number of nitrogens with zero attached hydrogens (tertiary/aromatic N) is 5. The summed E-state index contributed by atoms with van der Waals surface area (Å²) in [6.45, 7) is 9.40. The Morgan fingerprint density at radius 1 is 1.12 bits per heavy atom. The first-order valence-corrected chi connectivity index (χ1v) is 14.9. The van der Waals surface area contributed by atoms with Gasteiger partial charge in [-0.2, -0.15) is 0 Å². The maximum Gasteiger partial charge on any atom is 0.164 e. The molecule has 3 aliphatic rings. The number of aryl methyl sites for hydroxylation is 1. The average molecular weight is 557 g/mol. The van der Waals surface area contributed by atoms with Gasteiger partial charge in [0.15, 0.2) is 5.82 Å². The van der Waals surface area contributed by atoms with E-state index in [4.69, 9.17) is 26.3 Å². The largest absolute Gasteiger partial charge is 0.366 e. The third-order valence-corrected chi connectivity index (χ3v) is 9.38. The average Bonchev–Trinajstić information content (AvgIpc) is 3.69. The zero-order valence-electron chi connectivity index (χ0n) is 23.8. The number of halogens is 1. The third-order valence-electron chi connectivity index (χ3n) is 9.09. The molecule has 1 aromatic carbocycles. The van der Waals surface area contributed by atoms with Crippen LogP contribution in [0.1, 0.15) is 67.8 Å². The number of hydrogen-bond acceptors (Lipinski definition) is 6. The fourth-order valence-corrected chi connectivity index (χ4v) is 7.07. The topological polar surface area (TPSA) is 70.2 Å². The highest BCUT2D eigenvalue weighted by Crippen LogP contribution is 2.44. The number of anilines is 2. The Bertz CT molecular complexity index is 1590. The SMILES string of the molecule is CO[C@@H]1N(c2nc(-c3c(Cl)cnc4[nH]ccc34)nc3c2CN(c2cc(C4CC4)ccc2C)CC3)CCCC1(C)C. The Balaban J connectivity index is 1.38. The Morgan fingerprint density at radius 3 is 2.77 bits per heavy atom. The summed E-state index contributed by atoms with van der Waals surface area (Å²) in [5, 5.41) is 1.50. The number of nitrogens with one attached hydrogen (secondary N) is 1. The van der Waals surface area contributed by atoms with Gasteiger partial charge < -0.3 is 19.5 Å². The Labute approximate surface area is 240 Å². The lowest BCUT2D eigenvalue weighted by molar-refractivity contribution is -0.0156. The molecule has 7 nitrogen and oxygen atoms in total. The zero-order chi connectivity index (χ0) is 27.6. The van der Waals surface area contributed by atoms with Crippen LogP contribution >= 0.6 is 11.6 Å². The summed E-state index contributed by atoms with van der Waals surface area (Å²) in [5.41, 5.74) is 8.03. The van der Waals surface area contributed by atoms with Crippen molar-refractivity contribution in [2.24, 2.45) is 5.41 Å². The van der Waals surface area contributed by atoms with E-state index in [0.717, 1.165) is 72.9 Å². The molecule has 8 heteroatoms. The van der Waals surface area contributed by atoms with E-state index >= 15 is 0 Å². The van der Waals surface area contributed by atoms with Crippen LogP contribution in [0.2, 0.25) is 5.02 Å². The van der Waals surface area contributed by atoms with Gasteiger partial charge >= 0.3 is 0 Å². The summed E-state index contributed by atoms with van der Waals surface area (Å²) in [6, 6.07) is 9.04. The molecule has 0 radical (unpaired) electrons. The predicted octanol–water partition coefficient (Wildman–Crippen LogP) is 7.02. The smallest absolute Gasteiger partial charge is 0.164 e. The first kappa shape index (κ1) is 25.8. The highest BCUT2D eigenvalue weighted by Gasteiger charge is 2.40. The van der Waals surface area contributed by atoms with Gasteiger partial charge in [0.2, 0.25) is 0 Å². The normalized spacial score (nSPS) is 20.7. The van der Waals surface area contributed by atoms with Crippen LogP contribution in [-0.2, 0) is 17.7 Å². The Hall–Kier alpha value is -3.16.